The molecule has 1 N–H and O–H groups in total. The summed E-state index contributed by atoms with van der Waals surface area (Å²) < 4.78 is 62.5. The molecule has 7 nitrogen and oxygen atoms in total. The fourth-order valence-electron chi connectivity index (χ4n) is 3.22. The normalized spacial score (nSPS) is 11.3. The molecule has 0 atom stereocenters. The summed E-state index contributed by atoms with van der Waals surface area (Å²) in [5.41, 5.74) is 1.28. The first kappa shape index (κ1) is 26.0. The van der Waals surface area contributed by atoms with E-state index in [9.17, 15) is 22.0 Å². The van der Waals surface area contributed by atoms with Crippen molar-refractivity contribution >= 4 is 16.1 Å². The molecule has 10 heteroatoms. The molecule has 0 radical (unpaired) electrons. The molecule has 3 aromatic carbocycles. The van der Waals surface area contributed by atoms with Crippen LogP contribution in [0.25, 0.3) is 0 Å². The highest BCUT2D eigenvalue weighted by molar-refractivity contribution is 7.87. The van der Waals surface area contributed by atoms with Gasteiger partial charge < -0.3 is 19.1 Å². The highest BCUT2D eigenvalue weighted by Gasteiger charge is 2.21. The number of ether oxygens (including phenoxy) is 1. The number of benzene rings is 3. The molecule has 0 aliphatic rings. The van der Waals surface area contributed by atoms with Gasteiger partial charge in [0.15, 0.2) is 11.5 Å². The number of nitrogens with zero attached hydrogens (tertiary/aromatic N) is 1. The Balaban J connectivity index is 1.88. The third-order valence-corrected chi connectivity index (χ3v) is 6.14. The molecule has 0 spiro atoms. The molecule has 0 fully saturated rings. The molecule has 0 aromatic heterocycles. The fraction of sp³-hybridized carbons (Fsp3) is 0.240. The zero-order chi connectivity index (χ0) is 25.6. The average Bonchev–Trinajstić information content (AvgIpc) is 2.80. The van der Waals surface area contributed by atoms with Crippen LogP contribution in [0, 0.1) is 11.6 Å². The zero-order valence-corrected chi connectivity index (χ0v) is 20.3. The Morgan fingerprint density at radius 3 is 2.00 bits per heavy atom. The molecule has 0 bridgehead atoms. The number of rotatable bonds is 9. The van der Waals surface area contributed by atoms with E-state index in [1.807, 2.05) is 13.8 Å². The van der Waals surface area contributed by atoms with Crippen molar-refractivity contribution < 1.29 is 30.9 Å². The van der Waals surface area contributed by atoms with Gasteiger partial charge in [-0.05, 0) is 73.5 Å². The standard InChI is InChI=1S/C25H26F2N2O5S/c1-17(2)28-25(30)29(15-18-4-7-20(26)8-5-18)16-19-6-13-23(33-3)24(14-19)34-35(31,32)22-11-9-21(27)10-12-22/h4-14,17H,15-16H2,1-3H3,(H,28,30). The van der Waals surface area contributed by atoms with E-state index >= 15 is 0 Å². The van der Waals surface area contributed by atoms with Crippen LogP contribution in [0.1, 0.15) is 25.0 Å². The molecule has 0 aliphatic carbocycles. The van der Waals surface area contributed by atoms with E-state index in [-0.39, 0.29) is 47.4 Å². The zero-order valence-electron chi connectivity index (χ0n) is 19.5. The molecule has 0 saturated carbocycles. The second-order valence-electron chi connectivity index (χ2n) is 8.06. The number of nitrogens with one attached hydrogen (secondary N) is 1. The first-order valence-electron chi connectivity index (χ1n) is 10.7. The van der Waals surface area contributed by atoms with Gasteiger partial charge in [-0.1, -0.05) is 18.2 Å². The first-order valence-corrected chi connectivity index (χ1v) is 12.1. The maximum absolute atomic E-state index is 13.3. The third-order valence-electron chi connectivity index (χ3n) is 4.89. The van der Waals surface area contributed by atoms with E-state index in [0.717, 1.165) is 24.3 Å². The van der Waals surface area contributed by atoms with Gasteiger partial charge in [-0.2, -0.15) is 8.42 Å². The van der Waals surface area contributed by atoms with Crippen LogP contribution in [0.2, 0.25) is 0 Å². The van der Waals surface area contributed by atoms with E-state index in [1.165, 1.54) is 36.3 Å². The van der Waals surface area contributed by atoms with E-state index in [0.29, 0.717) is 11.1 Å². The molecule has 3 rings (SSSR count). The van der Waals surface area contributed by atoms with Crippen LogP contribution < -0.4 is 14.2 Å². The van der Waals surface area contributed by atoms with E-state index < -0.39 is 15.9 Å². The lowest BCUT2D eigenvalue weighted by molar-refractivity contribution is 0.189. The van der Waals surface area contributed by atoms with Gasteiger partial charge in [0.1, 0.15) is 16.5 Å². The van der Waals surface area contributed by atoms with E-state index in [2.05, 4.69) is 5.32 Å². The quantitative estimate of drug-likeness (QED) is 0.421. The lowest BCUT2D eigenvalue weighted by Crippen LogP contribution is -2.42. The fourth-order valence-corrected chi connectivity index (χ4v) is 4.15. The third kappa shape index (κ3) is 7.16. The Kier molecular flexibility index (Phi) is 8.29. The number of halogens is 2. The van der Waals surface area contributed by atoms with Crippen molar-refractivity contribution in [2.75, 3.05) is 7.11 Å². The molecule has 186 valence electrons. The van der Waals surface area contributed by atoms with Gasteiger partial charge >= 0.3 is 16.1 Å². The molecule has 0 aliphatic heterocycles. The van der Waals surface area contributed by atoms with Gasteiger partial charge in [0.05, 0.1) is 7.11 Å². The Hall–Kier alpha value is -3.66. The maximum atomic E-state index is 13.3. The average molecular weight is 505 g/mol. The second kappa shape index (κ2) is 11.2. The molecular weight excluding hydrogens is 478 g/mol. The predicted octanol–water partition coefficient (Wildman–Crippen LogP) is 4.86. The van der Waals surface area contributed by atoms with Crippen LogP contribution in [0.15, 0.2) is 71.6 Å². The van der Waals surface area contributed by atoms with Gasteiger partial charge in [-0.3, -0.25) is 0 Å². The molecule has 2 amide bonds. The number of methoxy groups -OCH3 is 1. The number of amides is 2. The Morgan fingerprint density at radius 1 is 0.886 bits per heavy atom. The molecule has 3 aromatic rings. The smallest absolute Gasteiger partial charge is 0.339 e. The van der Waals surface area contributed by atoms with Gasteiger partial charge in [-0.15, -0.1) is 0 Å². The Morgan fingerprint density at radius 2 is 1.43 bits per heavy atom. The summed E-state index contributed by atoms with van der Waals surface area (Å²) in [5, 5.41) is 2.83. The van der Waals surface area contributed by atoms with Crippen molar-refractivity contribution in [1.82, 2.24) is 10.2 Å². The van der Waals surface area contributed by atoms with Crippen molar-refractivity contribution in [1.29, 1.82) is 0 Å². The number of carbonyl (C=O) groups excluding carboxylic acids is 1. The maximum Gasteiger partial charge on any atom is 0.339 e. The predicted molar refractivity (Wildman–Crippen MR) is 127 cm³/mol. The highest BCUT2D eigenvalue weighted by atomic mass is 32.2. The largest absolute Gasteiger partial charge is 0.493 e. The summed E-state index contributed by atoms with van der Waals surface area (Å²) in [5.74, 6) is -0.882. The van der Waals surface area contributed by atoms with Crippen LogP contribution in [0.5, 0.6) is 11.5 Å². The first-order chi connectivity index (χ1) is 16.6. The van der Waals surface area contributed by atoms with Crippen molar-refractivity contribution in [2.24, 2.45) is 0 Å². The molecule has 35 heavy (non-hydrogen) atoms. The topological polar surface area (TPSA) is 84.9 Å². The molecular formula is C25H26F2N2O5S. The van der Waals surface area contributed by atoms with E-state index in [4.69, 9.17) is 8.92 Å². The van der Waals surface area contributed by atoms with Crippen molar-refractivity contribution in [3.63, 3.8) is 0 Å². The lowest BCUT2D eigenvalue weighted by Gasteiger charge is -2.25. The molecule has 0 unspecified atom stereocenters. The highest BCUT2D eigenvalue weighted by Crippen LogP contribution is 2.31. The number of urea groups is 1. The summed E-state index contributed by atoms with van der Waals surface area (Å²) >= 11 is 0. The van der Waals surface area contributed by atoms with Crippen molar-refractivity contribution in [3.05, 3.63) is 89.5 Å². The molecule has 0 saturated heterocycles. The minimum atomic E-state index is -4.27. The van der Waals surface area contributed by atoms with Crippen LogP contribution in [-0.2, 0) is 23.2 Å². The van der Waals surface area contributed by atoms with Crippen LogP contribution >= 0.6 is 0 Å². The van der Waals surface area contributed by atoms with Gasteiger partial charge in [-0.25, -0.2) is 13.6 Å². The lowest BCUT2D eigenvalue weighted by atomic mass is 10.1. The number of carbonyl (C=O) groups is 1. The van der Waals surface area contributed by atoms with Crippen LogP contribution in [-0.4, -0.2) is 32.5 Å². The van der Waals surface area contributed by atoms with Crippen molar-refractivity contribution in [2.45, 2.75) is 37.9 Å². The van der Waals surface area contributed by atoms with Gasteiger partial charge in [0, 0.05) is 19.1 Å². The Bertz CT molecular complexity index is 1260. The Labute approximate surface area is 203 Å². The van der Waals surface area contributed by atoms with E-state index in [1.54, 1.807) is 18.2 Å². The number of hydrogen-bond acceptors (Lipinski definition) is 5. The number of hydrogen-bond donors (Lipinski definition) is 1. The van der Waals surface area contributed by atoms with Gasteiger partial charge in [0.25, 0.3) is 0 Å². The summed E-state index contributed by atoms with van der Waals surface area (Å²) in [6.07, 6.45) is 0. The monoisotopic (exact) mass is 504 g/mol. The summed E-state index contributed by atoms with van der Waals surface area (Å²) in [7, 11) is -2.90. The SMILES string of the molecule is COc1ccc(CN(Cc2ccc(F)cc2)C(=O)NC(C)C)cc1OS(=O)(=O)c1ccc(F)cc1. The minimum Gasteiger partial charge on any atom is -0.493 e. The summed E-state index contributed by atoms with van der Waals surface area (Å²) in [4.78, 5) is 14.1. The summed E-state index contributed by atoms with van der Waals surface area (Å²) in [6.45, 7) is 3.95. The summed E-state index contributed by atoms with van der Waals surface area (Å²) in [6, 6.07) is 14.2. The second-order valence-corrected chi connectivity index (χ2v) is 9.61. The molecule has 0 heterocycles. The van der Waals surface area contributed by atoms with Crippen molar-refractivity contribution in [3.8, 4) is 11.5 Å². The van der Waals surface area contributed by atoms with Crippen LogP contribution in [0.3, 0.4) is 0 Å². The van der Waals surface area contributed by atoms with Gasteiger partial charge in [0.2, 0.25) is 0 Å². The van der Waals surface area contributed by atoms with Crippen LogP contribution in [0.4, 0.5) is 13.6 Å². The minimum absolute atomic E-state index is 0.0830.